The second kappa shape index (κ2) is 15.0. The first kappa shape index (κ1) is 38.9. The predicted molar refractivity (Wildman–Crippen MR) is 189 cm³/mol. The molecule has 1 amide bonds. The number of rotatable bonds is 2. The quantitative estimate of drug-likeness (QED) is 0.299. The second-order valence-corrected chi connectivity index (χ2v) is 14.6. The zero-order valence-electron chi connectivity index (χ0n) is 30.9. The average molecular weight is 723 g/mol. The van der Waals surface area contributed by atoms with Gasteiger partial charge in [0.05, 0.1) is 47.4 Å². The highest BCUT2D eigenvalue weighted by molar-refractivity contribution is 6.32. The summed E-state index contributed by atoms with van der Waals surface area (Å²) in [5, 5.41) is 47.6. The summed E-state index contributed by atoms with van der Waals surface area (Å²) in [5.74, 6) is -8.08. The fourth-order valence-electron chi connectivity index (χ4n) is 7.53. The number of amides is 1. The van der Waals surface area contributed by atoms with Crippen molar-refractivity contribution >= 4 is 23.3 Å². The lowest BCUT2D eigenvalue weighted by molar-refractivity contribution is -0.116. The number of Topliss-reactive ketones (excluding diaryl/α,β-unsaturated/α-hetero) is 3. The van der Waals surface area contributed by atoms with Crippen LogP contribution in [0.25, 0.3) is 0 Å². The number of allylic oxidation sites excluding steroid dienone is 4. The molecule has 9 atom stereocenters. The number of aliphatic hydroxyl groups excluding tert-OH is 3. The first-order chi connectivity index (χ1) is 24.5. The van der Waals surface area contributed by atoms with Gasteiger partial charge in [-0.3, -0.25) is 19.2 Å². The number of ketones is 3. The van der Waals surface area contributed by atoms with Crippen LogP contribution in [0.5, 0.6) is 11.5 Å². The summed E-state index contributed by atoms with van der Waals surface area (Å²) in [6, 6.07) is 0. The van der Waals surface area contributed by atoms with E-state index in [-0.39, 0.29) is 39.4 Å². The summed E-state index contributed by atoms with van der Waals surface area (Å²) in [5.41, 5.74) is -1.12. The van der Waals surface area contributed by atoms with Crippen LogP contribution in [0, 0.1) is 30.6 Å². The van der Waals surface area contributed by atoms with Gasteiger partial charge in [-0.15, -0.1) is 0 Å². The molecular weight excluding hydrogens is 672 g/mol. The van der Waals surface area contributed by atoms with E-state index in [2.05, 4.69) is 5.32 Å². The van der Waals surface area contributed by atoms with E-state index >= 15 is 0 Å². The van der Waals surface area contributed by atoms with Crippen LogP contribution >= 0.6 is 0 Å². The number of methoxy groups -OCH3 is 1. The Labute approximate surface area is 303 Å². The van der Waals surface area contributed by atoms with Crippen molar-refractivity contribution in [3.05, 3.63) is 69.8 Å². The van der Waals surface area contributed by atoms with Crippen molar-refractivity contribution < 1.29 is 53.8 Å². The molecule has 1 fully saturated rings. The fraction of sp³-hybridized carbons (Fsp3) is 0.538. The highest BCUT2D eigenvalue weighted by atomic mass is 16.7. The van der Waals surface area contributed by atoms with Crippen LogP contribution in [0.15, 0.2) is 47.5 Å². The van der Waals surface area contributed by atoms with Gasteiger partial charge in [0.15, 0.2) is 0 Å². The molecule has 5 N–H and O–H groups in total. The Hall–Kier alpha value is -4.30. The number of hydrogen-bond acceptors (Lipinski definition) is 12. The number of likely N-dealkylation sites (tertiary alicyclic amines) is 1. The second-order valence-electron chi connectivity index (χ2n) is 14.6. The van der Waals surface area contributed by atoms with E-state index < -0.39 is 88.4 Å². The number of phenols is 1. The molecule has 13 heteroatoms. The minimum absolute atomic E-state index is 0.0335. The summed E-state index contributed by atoms with van der Waals surface area (Å²) in [7, 11) is 1.43. The van der Waals surface area contributed by atoms with Crippen molar-refractivity contribution in [2.45, 2.75) is 91.5 Å². The average Bonchev–Trinajstić information content (AvgIpc) is 3.74. The first-order valence-corrected chi connectivity index (χ1v) is 17.8. The number of fused-ring (bicyclic) bond motifs is 14. The zero-order chi connectivity index (χ0) is 38.4. The van der Waals surface area contributed by atoms with E-state index in [4.69, 9.17) is 14.2 Å². The Balaban J connectivity index is 1.65. The van der Waals surface area contributed by atoms with Crippen LogP contribution < -0.4 is 10.1 Å². The number of aliphatic hydroxyl groups is 3. The summed E-state index contributed by atoms with van der Waals surface area (Å²) < 4.78 is 17.5. The van der Waals surface area contributed by atoms with Crippen molar-refractivity contribution in [1.82, 2.24) is 10.2 Å². The van der Waals surface area contributed by atoms with Crippen LogP contribution in [0.2, 0.25) is 0 Å². The number of nitrogens with zero attached hydrogens (tertiary/aromatic N) is 1. The number of hydrogen-bond donors (Lipinski definition) is 5. The number of benzene rings is 1. The van der Waals surface area contributed by atoms with Crippen molar-refractivity contribution in [3.63, 3.8) is 0 Å². The van der Waals surface area contributed by atoms with Gasteiger partial charge >= 0.3 is 5.79 Å². The molecule has 6 rings (SSSR count). The molecule has 4 heterocycles. The lowest BCUT2D eigenvalue weighted by atomic mass is 9.78. The van der Waals surface area contributed by atoms with Gasteiger partial charge in [0.2, 0.25) is 11.6 Å². The van der Waals surface area contributed by atoms with Gasteiger partial charge in [-0.25, -0.2) is 0 Å². The van der Waals surface area contributed by atoms with E-state index in [1.54, 1.807) is 44.7 Å². The van der Waals surface area contributed by atoms with Gasteiger partial charge in [-0.05, 0) is 32.8 Å². The standard InChI is InChI=1S/C39H50N2O11/c1-18-12-11-13-19(2)38(49)40-28-29(41-15-9-10-16-41)35(47)25-26(34(28)46)33(45)23(6)36-27(25)37(48)39(7,52-36)51-17-14-24(50-8)20(3)31(43)22(5)32(44)21(4)30(18)42/h11-14,17-18,20-22,24,30-32,42-45H,9-10,15-16H2,1-8H3,(H,40,49)/b12-11+,17-14+,19-13-/t18-,20+,21+,22+,24-,30-,31+,32-,39-/m0/s1. The topological polar surface area (TPSA) is 192 Å². The molecule has 0 aromatic heterocycles. The van der Waals surface area contributed by atoms with Gasteiger partial charge in [0.1, 0.15) is 22.9 Å². The summed E-state index contributed by atoms with van der Waals surface area (Å²) in [6.45, 7) is 12.0. The minimum Gasteiger partial charge on any atom is -0.507 e. The van der Waals surface area contributed by atoms with Crippen LogP contribution in [0.4, 0.5) is 0 Å². The summed E-state index contributed by atoms with van der Waals surface area (Å²) in [6.07, 6.45) is 4.93. The van der Waals surface area contributed by atoms with Gasteiger partial charge < -0.3 is 44.9 Å². The Morgan fingerprint density at radius 1 is 0.865 bits per heavy atom. The maximum Gasteiger partial charge on any atom is 0.312 e. The molecule has 0 spiro atoms. The van der Waals surface area contributed by atoms with Crippen molar-refractivity contribution in [2.24, 2.45) is 23.7 Å². The molecule has 0 unspecified atom stereocenters. The van der Waals surface area contributed by atoms with Crippen LogP contribution in [0.1, 0.15) is 91.0 Å². The van der Waals surface area contributed by atoms with E-state index in [1.165, 1.54) is 46.3 Å². The minimum atomic E-state index is -2.02. The highest BCUT2D eigenvalue weighted by Gasteiger charge is 2.53. The molecule has 5 bridgehead atoms. The molecular formula is C39H50N2O11. The molecule has 1 aromatic rings. The normalized spacial score (nSPS) is 35.5. The monoisotopic (exact) mass is 722 g/mol. The number of nitrogens with one attached hydrogen (secondary N) is 1. The Kier molecular flexibility index (Phi) is 11.2. The molecule has 52 heavy (non-hydrogen) atoms. The maximum absolute atomic E-state index is 14.5. The lowest BCUT2D eigenvalue weighted by Crippen LogP contribution is -2.45. The van der Waals surface area contributed by atoms with E-state index in [1.807, 2.05) is 0 Å². The Morgan fingerprint density at radius 2 is 1.48 bits per heavy atom. The fourth-order valence-corrected chi connectivity index (χ4v) is 7.53. The third-order valence-corrected chi connectivity index (χ3v) is 11.1. The van der Waals surface area contributed by atoms with Gasteiger partial charge in [0, 0.05) is 61.9 Å². The largest absolute Gasteiger partial charge is 0.507 e. The van der Waals surface area contributed by atoms with Gasteiger partial charge in [-0.2, -0.15) is 0 Å². The van der Waals surface area contributed by atoms with Crippen molar-refractivity contribution in [1.29, 1.82) is 0 Å². The number of ether oxygens (including phenoxy) is 3. The maximum atomic E-state index is 14.5. The van der Waals surface area contributed by atoms with Crippen LogP contribution in [0.3, 0.4) is 0 Å². The van der Waals surface area contributed by atoms with Crippen LogP contribution in [-0.2, 0) is 14.3 Å². The summed E-state index contributed by atoms with van der Waals surface area (Å²) in [4.78, 5) is 58.2. The van der Waals surface area contributed by atoms with Gasteiger partial charge in [0.25, 0.3) is 11.7 Å². The molecule has 4 aliphatic heterocycles. The Morgan fingerprint density at radius 3 is 2.12 bits per heavy atom. The number of carbonyl (C=O) groups is 4. The SMILES string of the molecule is CO[C@H]1/C=C/O[C@@]2(C)Oc3c(C)c(O)c4c(c3C2=O)C(=O)C(N2CCCC2)=C(NC(=O)/C(C)=C\C=C\[C@H](C)[C@H](O)[C@@H](C)[C@H](O)[C@H](C)[C@H](O)[C@@H]1C)C4=O. The third kappa shape index (κ3) is 6.70. The molecule has 13 nitrogen and oxygen atoms in total. The lowest BCUT2D eigenvalue weighted by Gasteiger charge is -2.36. The molecule has 0 saturated carbocycles. The van der Waals surface area contributed by atoms with Crippen molar-refractivity contribution in [2.75, 3.05) is 20.2 Å². The smallest absolute Gasteiger partial charge is 0.312 e. The molecule has 1 aliphatic carbocycles. The number of phenolic OH excluding ortho intramolecular Hbond substituents is 1. The Bertz CT molecular complexity index is 1770. The first-order valence-electron chi connectivity index (χ1n) is 17.8. The number of aromatic hydroxyl groups is 1. The van der Waals surface area contributed by atoms with E-state index in [0.717, 1.165) is 12.8 Å². The molecule has 282 valence electrons. The third-order valence-electron chi connectivity index (χ3n) is 11.1. The molecule has 5 aliphatic rings. The van der Waals surface area contributed by atoms with E-state index in [9.17, 15) is 39.6 Å². The highest BCUT2D eigenvalue weighted by Crippen LogP contribution is 2.49. The molecule has 0 radical (unpaired) electrons. The van der Waals surface area contributed by atoms with Gasteiger partial charge in [-0.1, -0.05) is 45.9 Å². The number of carbonyl (C=O) groups excluding carboxylic acids is 4. The summed E-state index contributed by atoms with van der Waals surface area (Å²) >= 11 is 0. The predicted octanol–water partition coefficient (Wildman–Crippen LogP) is 3.48. The molecule has 1 saturated heterocycles. The zero-order valence-corrected chi connectivity index (χ0v) is 30.9. The van der Waals surface area contributed by atoms with Crippen LogP contribution in [-0.4, -0.2) is 99.0 Å². The van der Waals surface area contributed by atoms with E-state index in [0.29, 0.717) is 13.1 Å². The molecule has 1 aromatic carbocycles. The van der Waals surface area contributed by atoms with Crippen molar-refractivity contribution in [3.8, 4) is 11.5 Å².